The molecule has 0 atom stereocenters. The van der Waals surface area contributed by atoms with Crippen LogP contribution in [0.2, 0.25) is 0 Å². The highest BCUT2D eigenvalue weighted by molar-refractivity contribution is 5.66. The van der Waals surface area contributed by atoms with Crippen molar-refractivity contribution in [3.05, 3.63) is 82.2 Å². The number of hydrogen-bond acceptors (Lipinski definition) is 7. The van der Waals surface area contributed by atoms with E-state index in [9.17, 15) is 4.79 Å². The Balaban J connectivity index is 1.45. The zero-order valence-electron chi connectivity index (χ0n) is 19.3. The smallest absolute Gasteiger partial charge is 0.277 e. The van der Waals surface area contributed by atoms with Gasteiger partial charge in [-0.25, -0.2) is 4.52 Å². The summed E-state index contributed by atoms with van der Waals surface area (Å²) in [5.41, 5.74) is 5.04. The van der Waals surface area contributed by atoms with E-state index in [1.165, 1.54) is 15.7 Å². The number of rotatable bonds is 6. The summed E-state index contributed by atoms with van der Waals surface area (Å²) in [6, 6.07) is 13.3. The zero-order valence-corrected chi connectivity index (χ0v) is 19.3. The lowest BCUT2D eigenvalue weighted by molar-refractivity contribution is 0.370. The molecule has 0 aliphatic carbocycles. The maximum Gasteiger partial charge on any atom is 0.277 e. The minimum absolute atomic E-state index is 0.133. The van der Waals surface area contributed by atoms with Crippen LogP contribution in [0.25, 0.3) is 28.2 Å². The van der Waals surface area contributed by atoms with Gasteiger partial charge < -0.3 is 18.6 Å². The summed E-state index contributed by atoms with van der Waals surface area (Å²) in [5, 5.41) is 8.62. The van der Waals surface area contributed by atoms with E-state index >= 15 is 0 Å². The third kappa shape index (κ3) is 3.92. The van der Waals surface area contributed by atoms with Crippen LogP contribution < -0.4 is 15.0 Å². The predicted molar refractivity (Wildman–Crippen MR) is 126 cm³/mol. The van der Waals surface area contributed by atoms with Crippen molar-refractivity contribution >= 4 is 5.52 Å². The maximum atomic E-state index is 13.1. The number of aromatic nitrogens is 5. The summed E-state index contributed by atoms with van der Waals surface area (Å²) in [5.74, 6) is 1.91. The van der Waals surface area contributed by atoms with E-state index < -0.39 is 0 Å². The first-order valence-corrected chi connectivity index (χ1v) is 10.7. The van der Waals surface area contributed by atoms with Crippen molar-refractivity contribution < 1.29 is 14.0 Å². The van der Waals surface area contributed by atoms with Crippen LogP contribution in [0.1, 0.15) is 17.0 Å². The maximum absolute atomic E-state index is 13.1. The minimum atomic E-state index is -0.201. The number of hydrogen-bond donors (Lipinski definition) is 0. The third-order valence-corrected chi connectivity index (χ3v) is 5.79. The van der Waals surface area contributed by atoms with Gasteiger partial charge in [0.25, 0.3) is 5.56 Å². The van der Waals surface area contributed by atoms with Gasteiger partial charge in [0.05, 0.1) is 19.9 Å². The van der Waals surface area contributed by atoms with Gasteiger partial charge in [-0.2, -0.15) is 10.1 Å². The standard InChI is InChI=1S/C25H23N5O4/c1-15-5-6-17(9-16(15)2)21-13-22-25(31)29(7-8-30(22)27-21)14-23-26-24(28-34-23)18-10-19(32-3)12-20(11-18)33-4/h5-13H,14H2,1-4H3. The van der Waals surface area contributed by atoms with E-state index in [4.69, 9.17) is 14.0 Å². The van der Waals surface area contributed by atoms with Crippen molar-refractivity contribution in [1.29, 1.82) is 0 Å². The Morgan fingerprint density at radius 3 is 2.38 bits per heavy atom. The number of aryl methyl sites for hydroxylation is 2. The molecule has 34 heavy (non-hydrogen) atoms. The predicted octanol–water partition coefficient (Wildman–Crippen LogP) is 3.90. The molecule has 0 fully saturated rings. The zero-order chi connectivity index (χ0) is 23.8. The van der Waals surface area contributed by atoms with Crippen LogP contribution in [0.4, 0.5) is 0 Å². The van der Waals surface area contributed by atoms with Crippen molar-refractivity contribution in [2.75, 3.05) is 14.2 Å². The molecule has 0 saturated heterocycles. The summed E-state index contributed by atoms with van der Waals surface area (Å²) in [7, 11) is 3.15. The minimum Gasteiger partial charge on any atom is -0.497 e. The lowest BCUT2D eigenvalue weighted by Crippen LogP contribution is -2.21. The quantitative estimate of drug-likeness (QED) is 0.382. The summed E-state index contributed by atoms with van der Waals surface area (Å²) >= 11 is 0. The number of fused-ring (bicyclic) bond motifs is 1. The van der Waals surface area contributed by atoms with Crippen LogP contribution in [0.15, 0.2) is 64.2 Å². The number of nitrogens with zero attached hydrogens (tertiary/aromatic N) is 5. The first kappa shape index (κ1) is 21.4. The first-order chi connectivity index (χ1) is 16.4. The Bertz CT molecular complexity index is 1540. The number of ether oxygens (including phenoxy) is 2. The van der Waals surface area contributed by atoms with Gasteiger partial charge in [-0.3, -0.25) is 4.79 Å². The molecular weight excluding hydrogens is 434 g/mol. The highest BCUT2D eigenvalue weighted by atomic mass is 16.5. The van der Waals surface area contributed by atoms with Crippen LogP contribution in [0.5, 0.6) is 11.5 Å². The van der Waals surface area contributed by atoms with Gasteiger partial charge in [0, 0.05) is 29.6 Å². The topological polar surface area (TPSA) is 96.7 Å². The molecule has 0 spiro atoms. The van der Waals surface area contributed by atoms with E-state index in [1.807, 2.05) is 6.07 Å². The van der Waals surface area contributed by atoms with Crippen LogP contribution >= 0.6 is 0 Å². The fourth-order valence-electron chi connectivity index (χ4n) is 3.71. The molecule has 0 amide bonds. The van der Waals surface area contributed by atoms with E-state index in [0.717, 1.165) is 11.3 Å². The second-order valence-corrected chi connectivity index (χ2v) is 8.00. The van der Waals surface area contributed by atoms with E-state index in [0.29, 0.717) is 34.3 Å². The number of benzene rings is 2. The lowest BCUT2D eigenvalue weighted by Gasteiger charge is -2.05. The molecule has 9 nitrogen and oxygen atoms in total. The average Bonchev–Trinajstić information content (AvgIpc) is 3.50. The summed E-state index contributed by atoms with van der Waals surface area (Å²) in [6.45, 7) is 4.25. The van der Waals surface area contributed by atoms with Crippen molar-refractivity contribution in [1.82, 2.24) is 24.3 Å². The molecule has 3 aromatic heterocycles. The van der Waals surface area contributed by atoms with E-state index in [-0.39, 0.29) is 12.1 Å². The van der Waals surface area contributed by atoms with Crippen LogP contribution in [0.3, 0.4) is 0 Å². The number of methoxy groups -OCH3 is 2. The molecule has 0 bridgehead atoms. The second kappa shape index (κ2) is 8.51. The highest BCUT2D eigenvalue weighted by Crippen LogP contribution is 2.28. The molecule has 0 radical (unpaired) electrons. The van der Waals surface area contributed by atoms with Gasteiger partial charge in [0.2, 0.25) is 11.7 Å². The monoisotopic (exact) mass is 457 g/mol. The molecule has 0 N–H and O–H groups in total. The Labute approximate surface area is 195 Å². The highest BCUT2D eigenvalue weighted by Gasteiger charge is 2.15. The van der Waals surface area contributed by atoms with Crippen molar-refractivity contribution in [2.24, 2.45) is 0 Å². The Morgan fingerprint density at radius 1 is 0.912 bits per heavy atom. The molecular formula is C25H23N5O4. The fraction of sp³-hybridized carbons (Fsp3) is 0.200. The third-order valence-electron chi connectivity index (χ3n) is 5.79. The largest absolute Gasteiger partial charge is 0.497 e. The molecule has 172 valence electrons. The first-order valence-electron chi connectivity index (χ1n) is 10.7. The molecule has 3 heterocycles. The van der Waals surface area contributed by atoms with Crippen molar-refractivity contribution in [3.63, 3.8) is 0 Å². The van der Waals surface area contributed by atoms with Gasteiger partial charge in [0.1, 0.15) is 23.6 Å². The molecule has 5 rings (SSSR count). The normalized spacial score (nSPS) is 11.2. The Kier molecular flexibility index (Phi) is 5.37. The van der Waals surface area contributed by atoms with Gasteiger partial charge in [-0.15, -0.1) is 0 Å². The Hall–Kier alpha value is -4.40. The van der Waals surface area contributed by atoms with Crippen molar-refractivity contribution in [3.8, 4) is 34.1 Å². The average molecular weight is 457 g/mol. The molecule has 0 aliphatic rings. The molecule has 0 aliphatic heterocycles. The lowest BCUT2D eigenvalue weighted by atomic mass is 10.0. The van der Waals surface area contributed by atoms with Gasteiger partial charge in [-0.05, 0) is 49.2 Å². The second-order valence-electron chi connectivity index (χ2n) is 8.00. The molecule has 0 unspecified atom stereocenters. The summed E-state index contributed by atoms with van der Waals surface area (Å²) in [6.07, 6.45) is 3.40. The molecule has 9 heteroatoms. The summed E-state index contributed by atoms with van der Waals surface area (Å²) in [4.78, 5) is 17.6. The SMILES string of the molecule is COc1cc(OC)cc(-c2noc(Cn3ccn4nc(-c5ccc(C)c(C)c5)cc4c3=O)n2)c1. The Morgan fingerprint density at radius 2 is 1.68 bits per heavy atom. The molecule has 0 saturated carbocycles. The van der Waals surface area contributed by atoms with Crippen molar-refractivity contribution in [2.45, 2.75) is 20.4 Å². The fourth-order valence-corrected chi connectivity index (χ4v) is 3.71. The molecule has 5 aromatic rings. The van der Waals surface area contributed by atoms with Gasteiger partial charge >= 0.3 is 0 Å². The van der Waals surface area contributed by atoms with E-state index in [2.05, 4.69) is 41.2 Å². The van der Waals surface area contributed by atoms with Crippen LogP contribution in [-0.4, -0.2) is 38.5 Å². The van der Waals surface area contributed by atoms with E-state index in [1.54, 1.807) is 55.4 Å². The summed E-state index contributed by atoms with van der Waals surface area (Å²) < 4.78 is 19.1. The molecule has 2 aromatic carbocycles. The van der Waals surface area contributed by atoms with Gasteiger partial charge in [0.15, 0.2) is 0 Å². The van der Waals surface area contributed by atoms with Gasteiger partial charge in [-0.1, -0.05) is 17.3 Å². The van der Waals surface area contributed by atoms with Crippen LogP contribution in [-0.2, 0) is 6.54 Å². The van der Waals surface area contributed by atoms with Crippen LogP contribution in [0, 0.1) is 13.8 Å².